The molecule has 4 heavy (non-hydrogen) atoms. The molecule has 0 aliphatic carbocycles. The molecule has 0 fully saturated rings. The van der Waals surface area contributed by atoms with Gasteiger partial charge >= 0.3 is 34.0 Å². The first kappa shape index (κ1) is 4.41. The van der Waals surface area contributed by atoms with Gasteiger partial charge in [0.1, 0.15) is 0 Å². The molecule has 23 valence electrons. The third-order valence-corrected chi connectivity index (χ3v) is 0. The predicted molar refractivity (Wildman–Crippen MR) is 14.9 cm³/mol. The monoisotopic (exact) mass is 94.0 g/mol. The van der Waals surface area contributed by atoms with Gasteiger partial charge in [-0.1, -0.05) is 0 Å². The molecule has 2 heteroatoms. The number of rotatable bonds is 0. The van der Waals surface area contributed by atoms with Crippen molar-refractivity contribution in [3.05, 3.63) is 0 Å². The maximum atomic E-state index is 5.00. The Labute approximate surface area is 34.7 Å². The Kier molecular flexibility index (Phi) is 1.88. The van der Waals surface area contributed by atoms with Crippen LogP contribution in [0.15, 0.2) is 0 Å². The van der Waals surface area contributed by atoms with Gasteiger partial charge in [0.25, 0.3) is 0 Å². The zero-order chi connectivity index (χ0) is 3.58. The van der Waals surface area contributed by atoms with Gasteiger partial charge in [-0.3, -0.25) is 0 Å². The molecule has 0 amide bonds. The third-order valence-electron chi connectivity index (χ3n) is 0. The molecule has 0 radical (unpaired) electrons. The minimum absolute atomic E-state index is 0.854. The van der Waals surface area contributed by atoms with Gasteiger partial charge in [-0.15, -0.1) is 0 Å². The summed E-state index contributed by atoms with van der Waals surface area (Å²) in [5, 5.41) is 0. The first-order valence-corrected chi connectivity index (χ1v) is 1.71. The summed E-state index contributed by atoms with van der Waals surface area (Å²) in [6.45, 7) is 1.83. The van der Waals surface area contributed by atoms with Crippen LogP contribution in [0.2, 0.25) is 0 Å². The van der Waals surface area contributed by atoms with E-state index in [1.54, 1.807) is 0 Å². The van der Waals surface area contributed by atoms with Gasteiger partial charge in [0.2, 0.25) is 0 Å². The van der Waals surface area contributed by atoms with Crippen molar-refractivity contribution in [2.24, 2.45) is 5.73 Å². The van der Waals surface area contributed by atoms with Crippen LogP contribution in [0, 0.1) is 0 Å². The molecular weight excluding hydrogens is 89.0 g/mol. The molecule has 0 unspecified atom stereocenters. The van der Waals surface area contributed by atoms with E-state index in [1.165, 1.54) is 0 Å². The second-order valence-electron chi connectivity index (χ2n) is 0.641. The minimum atomic E-state index is 0.854. The Balaban J connectivity index is 2.80. The summed E-state index contributed by atoms with van der Waals surface area (Å²) in [5.41, 5.74) is 5.00. The van der Waals surface area contributed by atoms with E-state index in [0.717, 1.165) is 4.35 Å². The van der Waals surface area contributed by atoms with E-state index in [9.17, 15) is 0 Å². The Bertz CT molecular complexity index is 29.0. The van der Waals surface area contributed by atoms with Crippen molar-refractivity contribution < 1.29 is 17.0 Å². The first-order valence-electron chi connectivity index (χ1n) is 1.01. The van der Waals surface area contributed by atoms with Crippen LogP contribution in [0.1, 0.15) is 6.92 Å². The first-order chi connectivity index (χ1) is 1.73. The van der Waals surface area contributed by atoms with E-state index in [-0.39, 0.29) is 0 Å². The SMILES string of the molecule is C[C](N)=[V]. The van der Waals surface area contributed by atoms with Crippen molar-refractivity contribution in [1.82, 2.24) is 0 Å². The van der Waals surface area contributed by atoms with Crippen LogP contribution in [0.4, 0.5) is 0 Å². The van der Waals surface area contributed by atoms with Gasteiger partial charge in [-0.25, -0.2) is 0 Å². The van der Waals surface area contributed by atoms with Gasteiger partial charge < -0.3 is 0 Å². The molecule has 0 atom stereocenters. The van der Waals surface area contributed by atoms with Crippen LogP contribution in [0.25, 0.3) is 0 Å². The standard InChI is InChI=1S/C2H5N.V/c1-2-3;/h3H2,1H3;. The van der Waals surface area contributed by atoms with E-state index in [2.05, 4.69) is 17.0 Å². The van der Waals surface area contributed by atoms with Crippen LogP contribution in [-0.2, 0) is 17.0 Å². The van der Waals surface area contributed by atoms with E-state index in [1.807, 2.05) is 6.92 Å². The molecule has 0 aromatic heterocycles. The van der Waals surface area contributed by atoms with E-state index in [4.69, 9.17) is 5.73 Å². The van der Waals surface area contributed by atoms with Crippen LogP contribution in [0.3, 0.4) is 0 Å². The maximum absolute atomic E-state index is 5.00. The summed E-state index contributed by atoms with van der Waals surface area (Å²) >= 11 is 2.23. The topological polar surface area (TPSA) is 26.0 Å². The second-order valence-corrected chi connectivity index (χ2v) is 1.74. The van der Waals surface area contributed by atoms with E-state index < -0.39 is 0 Å². The van der Waals surface area contributed by atoms with Crippen molar-refractivity contribution in [3.8, 4) is 0 Å². The normalized spacial score (nSPS) is 6.25. The average Bonchev–Trinajstić information content (AvgIpc) is 0.811. The van der Waals surface area contributed by atoms with Crippen molar-refractivity contribution in [2.45, 2.75) is 6.92 Å². The molecule has 2 N–H and O–H groups in total. The van der Waals surface area contributed by atoms with Gasteiger partial charge in [0.15, 0.2) is 0 Å². The van der Waals surface area contributed by atoms with Gasteiger partial charge in [0, 0.05) is 0 Å². The average molecular weight is 94.0 g/mol. The fourth-order valence-corrected chi connectivity index (χ4v) is 0. The van der Waals surface area contributed by atoms with Crippen LogP contribution in [0.5, 0.6) is 0 Å². The van der Waals surface area contributed by atoms with Crippen molar-refractivity contribution in [3.63, 3.8) is 0 Å². The molecule has 0 aromatic carbocycles. The molecule has 0 saturated carbocycles. The molecule has 0 heterocycles. The summed E-state index contributed by atoms with van der Waals surface area (Å²) in [6.07, 6.45) is 0. The second kappa shape index (κ2) is 1.71. The van der Waals surface area contributed by atoms with E-state index in [0.29, 0.717) is 0 Å². The summed E-state index contributed by atoms with van der Waals surface area (Å²) in [4.78, 5) is 0. The van der Waals surface area contributed by atoms with Gasteiger partial charge in [-0.2, -0.15) is 0 Å². The van der Waals surface area contributed by atoms with Crippen molar-refractivity contribution in [1.29, 1.82) is 0 Å². The third kappa shape index (κ3) is 28.1. The molecule has 1 nitrogen and oxygen atoms in total. The molecule has 0 spiro atoms. The summed E-state index contributed by atoms with van der Waals surface area (Å²) in [6, 6.07) is 0. The Morgan fingerprint density at radius 3 is 2.00 bits per heavy atom. The Morgan fingerprint density at radius 1 is 2.00 bits per heavy atom. The molecule has 0 aliphatic heterocycles. The van der Waals surface area contributed by atoms with Gasteiger partial charge in [-0.05, 0) is 0 Å². The Morgan fingerprint density at radius 2 is 2.00 bits per heavy atom. The quantitative estimate of drug-likeness (QED) is 0.436. The molecule has 0 aromatic rings. The molecule has 0 saturated heterocycles. The zero-order valence-corrected chi connectivity index (χ0v) is 3.92. The molecule has 0 rings (SSSR count). The molecule has 0 aliphatic rings. The zero-order valence-electron chi connectivity index (χ0n) is 2.52. The van der Waals surface area contributed by atoms with Gasteiger partial charge in [0.05, 0.1) is 0 Å². The summed E-state index contributed by atoms with van der Waals surface area (Å²) in [7, 11) is 0. The molecular formula is C2H5NV. The molecule has 0 bridgehead atoms. The van der Waals surface area contributed by atoms with E-state index >= 15 is 0 Å². The summed E-state index contributed by atoms with van der Waals surface area (Å²) < 4.78 is 0.854. The fourth-order valence-electron chi connectivity index (χ4n) is 0. The van der Waals surface area contributed by atoms with Crippen LogP contribution in [-0.4, -0.2) is 4.35 Å². The fraction of sp³-hybridized carbons (Fsp3) is 0.500. The van der Waals surface area contributed by atoms with Crippen LogP contribution >= 0.6 is 0 Å². The van der Waals surface area contributed by atoms with Crippen LogP contribution < -0.4 is 5.73 Å². The number of hydrogen-bond acceptors (Lipinski definition) is 1. The van der Waals surface area contributed by atoms with Crippen molar-refractivity contribution >= 4 is 4.35 Å². The number of hydrogen-bond donors (Lipinski definition) is 1. The Hall–Kier alpha value is 0.414. The van der Waals surface area contributed by atoms with Crippen molar-refractivity contribution in [2.75, 3.05) is 0 Å². The summed E-state index contributed by atoms with van der Waals surface area (Å²) in [5.74, 6) is 0. The predicted octanol–water partition coefficient (Wildman–Crippen LogP) is -0.358. The number of nitrogens with two attached hydrogens (primary N) is 1.